The van der Waals surface area contributed by atoms with Crippen LogP contribution in [0, 0.1) is 6.92 Å². The van der Waals surface area contributed by atoms with Crippen molar-refractivity contribution in [3.8, 4) is 17.1 Å². The molecule has 0 unspecified atom stereocenters. The Morgan fingerprint density at radius 3 is 2.71 bits per heavy atom. The first kappa shape index (κ1) is 19.5. The van der Waals surface area contributed by atoms with Crippen LogP contribution in [0.4, 0.5) is 0 Å². The highest BCUT2D eigenvalue weighted by Crippen LogP contribution is 2.32. The summed E-state index contributed by atoms with van der Waals surface area (Å²) in [6.45, 7) is 1.78. The topological polar surface area (TPSA) is 83.0 Å². The maximum absolute atomic E-state index is 12.6. The van der Waals surface area contributed by atoms with Crippen molar-refractivity contribution in [2.75, 3.05) is 0 Å². The number of hydrogen-bond donors (Lipinski definition) is 0. The quantitative estimate of drug-likeness (QED) is 0.331. The van der Waals surface area contributed by atoms with Crippen LogP contribution in [0.2, 0.25) is 5.02 Å². The van der Waals surface area contributed by atoms with Crippen LogP contribution < -0.4 is 0 Å². The molecule has 7 nitrogen and oxygen atoms in total. The van der Waals surface area contributed by atoms with Crippen molar-refractivity contribution in [2.45, 2.75) is 13.5 Å². The third kappa shape index (κ3) is 3.71. The van der Waals surface area contributed by atoms with Crippen molar-refractivity contribution >= 4 is 39.1 Å². The van der Waals surface area contributed by atoms with E-state index in [0.29, 0.717) is 15.8 Å². The maximum atomic E-state index is 12.6. The highest BCUT2D eigenvalue weighted by molar-refractivity contribution is 7.20. The second-order valence-corrected chi connectivity index (χ2v) is 8.16. The van der Waals surface area contributed by atoms with Gasteiger partial charge in [-0.05, 0) is 37.3 Å². The van der Waals surface area contributed by atoms with Gasteiger partial charge < -0.3 is 9.15 Å². The Morgan fingerprint density at radius 2 is 1.90 bits per heavy atom. The summed E-state index contributed by atoms with van der Waals surface area (Å²) in [5, 5.41) is 14.0. The molecular formula is C22H15ClN4O3S. The average Bonchev–Trinajstić information content (AvgIpc) is 3.50. The molecule has 0 aliphatic carbocycles. The summed E-state index contributed by atoms with van der Waals surface area (Å²) < 4.78 is 12.7. The number of ether oxygens (including phenoxy) is 1. The van der Waals surface area contributed by atoms with Gasteiger partial charge >= 0.3 is 5.97 Å². The Balaban J connectivity index is 1.36. The predicted octanol–water partition coefficient (Wildman–Crippen LogP) is 5.46. The summed E-state index contributed by atoms with van der Waals surface area (Å²) in [7, 11) is 0. The summed E-state index contributed by atoms with van der Waals surface area (Å²) in [5.41, 5.74) is 2.36. The van der Waals surface area contributed by atoms with Crippen LogP contribution in [0.1, 0.15) is 21.3 Å². The molecule has 2 aromatic carbocycles. The SMILES string of the molecule is Cc1nn(-c2ccccc2Cl)c2sc(C(=O)OCc3nnc(-c4ccccc4)o3)cc12. The first-order valence-electron chi connectivity index (χ1n) is 9.39. The lowest BCUT2D eigenvalue weighted by atomic mass is 10.2. The Kier molecular flexibility index (Phi) is 5.01. The van der Waals surface area contributed by atoms with Gasteiger partial charge in [-0.3, -0.25) is 0 Å². The van der Waals surface area contributed by atoms with Crippen LogP contribution >= 0.6 is 22.9 Å². The fourth-order valence-corrected chi connectivity index (χ4v) is 4.43. The van der Waals surface area contributed by atoms with Crippen molar-refractivity contribution in [1.82, 2.24) is 20.0 Å². The lowest BCUT2D eigenvalue weighted by Crippen LogP contribution is -2.03. The molecule has 3 aromatic heterocycles. The standard InChI is InChI=1S/C22H15ClN4O3S/c1-13-15-11-18(31-21(15)27(26-13)17-10-6-5-9-16(17)23)22(28)29-12-19-24-25-20(30-19)14-7-3-2-4-8-14/h2-11H,12H2,1H3. The molecule has 9 heteroatoms. The first-order chi connectivity index (χ1) is 15.1. The molecule has 0 saturated heterocycles. The molecule has 0 bridgehead atoms. The lowest BCUT2D eigenvalue weighted by Gasteiger charge is -2.04. The van der Waals surface area contributed by atoms with Gasteiger partial charge in [-0.15, -0.1) is 21.5 Å². The van der Waals surface area contributed by atoms with E-state index < -0.39 is 5.97 Å². The number of hydrogen-bond acceptors (Lipinski definition) is 7. The van der Waals surface area contributed by atoms with Crippen molar-refractivity contribution in [3.63, 3.8) is 0 Å². The molecule has 0 saturated carbocycles. The van der Waals surface area contributed by atoms with Crippen molar-refractivity contribution in [1.29, 1.82) is 0 Å². The molecule has 5 aromatic rings. The van der Waals surface area contributed by atoms with E-state index in [1.807, 2.05) is 55.5 Å². The predicted molar refractivity (Wildman–Crippen MR) is 118 cm³/mol. The zero-order valence-electron chi connectivity index (χ0n) is 16.3. The van der Waals surface area contributed by atoms with Gasteiger partial charge in [0.15, 0.2) is 6.61 Å². The number of aromatic nitrogens is 4. The van der Waals surface area contributed by atoms with Gasteiger partial charge in [0.2, 0.25) is 5.89 Å². The number of halogens is 1. The number of carbonyl (C=O) groups is 1. The number of para-hydroxylation sites is 1. The Hall–Kier alpha value is -3.49. The summed E-state index contributed by atoms with van der Waals surface area (Å²) >= 11 is 7.62. The monoisotopic (exact) mass is 450 g/mol. The summed E-state index contributed by atoms with van der Waals surface area (Å²) in [4.78, 5) is 13.9. The normalized spacial score (nSPS) is 11.2. The molecule has 0 aliphatic heterocycles. The summed E-state index contributed by atoms with van der Waals surface area (Å²) in [6.07, 6.45) is 0. The summed E-state index contributed by atoms with van der Waals surface area (Å²) in [6, 6.07) is 18.6. The summed E-state index contributed by atoms with van der Waals surface area (Å²) in [5.74, 6) is 0.140. The van der Waals surface area contributed by atoms with Crippen molar-refractivity contribution < 1.29 is 13.9 Å². The molecule has 0 aliphatic rings. The molecule has 154 valence electrons. The number of nitrogens with zero attached hydrogens (tertiary/aromatic N) is 4. The lowest BCUT2D eigenvalue weighted by molar-refractivity contribution is 0.0444. The smallest absolute Gasteiger partial charge is 0.348 e. The third-order valence-electron chi connectivity index (χ3n) is 4.64. The van der Waals surface area contributed by atoms with E-state index in [9.17, 15) is 4.79 Å². The first-order valence-corrected chi connectivity index (χ1v) is 10.6. The van der Waals surface area contributed by atoms with E-state index in [4.69, 9.17) is 20.8 Å². The number of carbonyl (C=O) groups excluding carboxylic acids is 1. The molecule has 0 radical (unpaired) electrons. The van der Waals surface area contributed by atoms with Crippen LogP contribution in [0.25, 0.3) is 27.4 Å². The fourth-order valence-electron chi connectivity index (χ4n) is 3.14. The Labute approximate surface area is 185 Å². The largest absolute Gasteiger partial charge is 0.451 e. The molecule has 0 atom stereocenters. The number of benzene rings is 2. The van der Waals surface area contributed by atoms with E-state index in [2.05, 4.69) is 15.3 Å². The number of fused-ring (bicyclic) bond motifs is 1. The van der Waals surface area contributed by atoms with Gasteiger partial charge in [-0.25, -0.2) is 9.48 Å². The van der Waals surface area contributed by atoms with E-state index in [0.717, 1.165) is 27.2 Å². The third-order valence-corrected chi connectivity index (χ3v) is 6.05. The zero-order valence-corrected chi connectivity index (χ0v) is 17.9. The number of rotatable bonds is 5. The van der Waals surface area contributed by atoms with Crippen LogP contribution in [0.15, 0.2) is 65.1 Å². The van der Waals surface area contributed by atoms with Crippen molar-refractivity contribution in [2.24, 2.45) is 0 Å². The van der Waals surface area contributed by atoms with Crippen LogP contribution in [0.3, 0.4) is 0 Å². The molecular weight excluding hydrogens is 436 g/mol. The molecule has 3 heterocycles. The van der Waals surface area contributed by atoms with Crippen LogP contribution in [0.5, 0.6) is 0 Å². The minimum Gasteiger partial charge on any atom is -0.451 e. The highest BCUT2D eigenvalue weighted by atomic mass is 35.5. The zero-order chi connectivity index (χ0) is 21.4. The second kappa shape index (κ2) is 7.98. The molecule has 0 fully saturated rings. The van der Waals surface area contributed by atoms with Gasteiger partial charge in [-0.2, -0.15) is 5.10 Å². The second-order valence-electron chi connectivity index (χ2n) is 6.72. The van der Waals surface area contributed by atoms with Crippen LogP contribution in [-0.4, -0.2) is 25.9 Å². The average molecular weight is 451 g/mol. The van der Waals surface area contributed by atoms with Gasteiger partial charge in [0.25, 0.3) is 5.89 Å². The van der Waals surface area contributed by atoms with Gasteiger partial charge in [0.05, 0.1) is 16.4 Å². The van der Waals surface area contributed by atoms with Gasteiger partial charge in [-0.1, -0.05) is 41.9 Å². The van der Waals surface area contributed by atoms with Gasteiger partial charge in [0, 0.05) is 10.9 Å². The molecule has 0 N–H and O–H groups in total. The molecule has 0 amide bonds. The molecule has 31 heavy (non-hydrogen) atoms. The number of thiophene rings is 1. The van der Waals surface area contributed by atoms with E-state index in [-0.39, 0.29) is 12.5 Å². The Morgan fingerprint density at radius 1 is 1.13 bits per heavy atom. The van der Waals surface area contributed by atoms with Crippen molar-refractivity contribution in [3.05, 3.63) is 82.1 Å². The minimum atomic E-state index is -0.467. The molecule has 0 spiro atoms. The maximum Gasteiger partial charge on any atom is 0.348 e. The van der Waals surface area contributed by atoms with E-state index in [1.165, 1.54) is 11.3 Å². The molecule has 5 rings (SSSR count). The minimum absolute atomic E-state index is 0.109. The fraction of sp³-hybridized carbons (Fsp3) is 0.0909. The number of esters is 1. The highest BCUT2D eigenvalue weighted by Gasteiger charge is 2.20. The van der Waals surface area contributed by atoms with E-state index >= 15 is 0 Å². The van der Waals surface area contributed by atoms with Gasteiger partial charge in [0.1, 0.15) is 9.71 Å². The number of aryl methyl sites for hydroxylation is 1. The van der Waals surface area contributed by atoms with E-state index in [1.54, 1.807) is 16.8 Å². The Bertz CT molecular complexity index is 1390. The van der Waals surface area contributed by atoms with Crippen LogP contribution in [-0.2, 0) is 11.3 Å².